The fourth-order valence-corrected chi connectivity index (χ4v) is 1.89. The van der Waals surface area contributed by atoms with E-state index in [1.807, 2.05) is 0 Å². The molecule has 1 aliphatic rings. The van der Waals surface area contributed by atoms with Gasteiger partial charge in [0.15, 0.2) is 0 Å². The minimum atomic E-state index is -1.42. The molecule has 134 valence electrons. The van der Waals surface area contributed by atoms with Crippen molar-refractivity contribution >= 4 is 23.5 Å². The third-order valence-corrected chi connectivity index (χ3v) is 3.32. The molecule has 1 unspecified atom stereocenters. The van der Waals surface area contributed by atoms with Gasteiger partial charge in [0, 0.05) is 12.5 Å². The Bertz CT molecular complexity index is 716. The molecule has 0 bridgehead atoms. The predicted octanol–water partition coefficient (Wildman–Crippen LogP) is 0.579. The van der Waals surface area contributed by atoms with Crippen LogP contribution in [0.1, 0.15) is 36.2 Å². The number of amides is 1. The molecule has 1 heterocycles. The Morgan fingerprint density at radius 2 is 2.04 bits per heavy atom. The molecule has 2 rings (SSSR count). The molecule has 1 saturated carbocycles. The molecule has 3 N–H and O–H groups in total. The van der Waals surface area contributed by atoms with Gasteiger partial charge in [0.1, 0.15) is 17.8 Å². The Labute approximate surface area is 140 Å². The number of carboxylic acids is 2. The Kier molecular flexibility index (Phi) is 5.47. The average molecular weight is 353 g/mol. The van der Waals surface area contributed by atoms with Crippen LogP contribution in [-0.4, -0.2) is 50.1 Å². The molecule has 0 spiro atoms. The van der Waals surface area contributed by atoms with E-state index in [1.54, 1.807) is 0 Å². The van der Waals surface area contributed by atoms with E-state index < -0.39 is 40.9 Å². The van der Waals surface area contributed by atoms with E-state index >= 15 is 0 Å². The number of pyridine rings is 1. The first-order chi connectivity index (χ1) is 11.8. The topological polar surface area (TPSA) is 169 Å². The van der Waals surface area contributed by atoms with E-state index in [1.165, 1.54) is 0 Å². The van der Waals surface area contributed by atoms with Crippen LogP contribution in [0.2, 0.25) is 0 Å². The molecule has 1 aromatic rings. The van der Waals surface area contributed by atoms with Gasteiger partial charge in [-0.2, -0.15) is 0 Å². The van der Waals surface area contributed by atoms with E-state index in [0.29, 0.717) is 0 Å². The largest absolute Gasteiger partial charge is 0.481 e. The molecule has 1 amide bonds. The van der Waals surface area contributed by atoms with E-state index in [9.17, 15) is 24.5 Å². The summed E-state index contributed by atoms with van der Waals surface area (Å²) < 4.78 is 5.31. The highest BCUT2D eigenvalue weighted by Crippen LogP contribution is 2.31. The molecule has 11 heteroatoms. The number of carbonyl (C=O) groups is 3. The SMILES string of the molecule is O=C(O)CCC(NC(=O)c1ccc([N+](=O)[O-])c(OC2CC2)n1)C(=O)O. The summed E-state index contributed by atoms with van der Waals surface area (Å²) in [6, 6.07) is 0.698. The van der Waals surface area contributed by atoms with Gasteiger partial charge in [0.25, 0.3) is 11.8 Å². The monoisotopic (exact) mass is 353 g/mol. The van der Waals surface area contributed by atoms with E-state index in [4.69, 9.17) is 14.9 Å². The first-order valence-electron chi connectivity index (χ1n) is 7.35. The second-order valence-corrected chi connectivity index (χ2v) is 5.39. The fourth-order valence-electron chi connectivity index (χ4n) is 1.89. The van der Waals surface area contributed by atoms with Crippen LogP contribution in [0.3, 0.4) is 0 Å². The summed E-state index contributed by atoms with van der Waals surface area (Å²) in [5, 5.41) is 30.8. The van der Waals surface area contributed by atoms with E-state index in [-0.39, 0.29) is 24.1 Å². The lowest BCUT2D eigenvalue weighted by atomic mass is 10.1. The summed E-state index contributed by atoms with van der Waals surface area (Å²) in [6.45, 7) is 0. The minimum Gasteiger partial charge on any atom is -0.481 e. The van der Waals surface area contributed by atoms with Crippen molar-refractivity contribution in [3.8, 4) is 5.88 Å². The maximum Gasteiger partial charge on any atom is 0.331 e. The molecule has 1 aliphatic carbocycles. The second-order valence-electron chi connectivity index (χ2n) is 5.39. The summed E-state index contributed by atoms with van der Waals surface area (Å²) in [5.41, 5.74) is -0.660. The molecule has 1 atom stereocenters. The molecular weight excluding hydrogens is 338 g/mol. The number of nitro groups is 1. The number of hydrogen-bond donors (Lipinski definition) is 3. The lowest BCUT2D eigenvalue weighted by molar-refractivity contribution is -0.386. The number of nitrogens with zero attached hydrogens (tertiary/aromatic N) is 2. The van der Waals surface area contributed by atoms with Crippen LogP contribution in [0.25, 0.3) is 0 Å². The molecular formula is C14H15N3O8. The molecule has 0 aliphatic heterocycles. The molecule has 0 saturated heterocycles. The van der Waals surface area contributed by atoms with Gasteiger partial charge in [-0.1, -0.05) is 0 Å². The summed E-state index contributed by atoms with van der Waals surface area (Å²) in [7, 11) is 0. The first-order valence-corrected chi connectivity index (χ1v) is 7.35. The number of aliphatic carboxylic acids is 2. The Morgan fingerprint density at radius 3 is 2.56 bits per heavy atom. The highest BCUT2D eigenvalue weighted by atomic mass is 16.6. The van der Waals surface area contributed by atoms with Crippen LogP contribution in [0.5, 0.6) is 5.88 Å². The fraction of sp³-hybridized carbons (Fsp3) is 0.429. The number of carboxylic acid groups (broad SMARTS) is 2. The van der Waals surface area contributed by atoms with Gasteiger partial charge in [0.2, 0.25) is 0 Å². The van der Waals surface area contributed by atoms with Crippen molar-refractivity contribution in [1.29, 1.82) is 0 Å². The molecule has 11 nitrogen and oxygen atoms in total. The Hall–Kier alpha value is -3.24. The van der Waals surface area contributed by atoms with Crippen molar-refractivity contribution < 1.29 is 34.3 Å². The summed E-state index contributed by atoms with van der Waals surface area (Å²) >= 11 is 0. The van der Waals surface area contributed by atoms with Gasteiger partial charge in [-0.05, 0) is 25.3 Å². The number of aromatic nitrogens is 1. The quantitative estimate of drug-likeness (QED) is 0.424. The third-order valence-electron chi connectivity index (χ3n) is 3.32. The maximum atomic E-state index is 12.1. The minimum absolute atomic E-state index is 0.188. The van der Waals surface area contributed by atoms with Crippen molar-refractivity contribution in [3.63, 3.8) is 0 Å². The second kappa shape index (κ2) is 7.55. The van der Waals surface area contributed by atoms with Gasteiger partial charge in [-0.3, -0.25) is 19.7 Å². The zero-order valence-corrected chi connectivity index (χ0v) is 12.9. The molecule has 1 aromatic heterocycles. The summed E-state index contributed by atoms with van der Waals surface area (Å²) in [6.07, 6.45) is 0.513. The zero-order chi connectivity index (χ0) is 18.6. The highest BCUT2D eigenvalue weighted by molar-refractivity contribution is 5.95. The lowest BCUT2D eigenvalue weighted by Gasteiger charge is -2.13. The molecule has 0 aromatic carbocycles. The number of nitrogens with one attached hydrogen (secondary N) is 1. The van der Waals surface area contributed by atoms with Gasteiger partial charge in [-0.15, -0.1) is 0 Å². The predicted molar refractivity (Wildman–Crippen MR) is 80.3 cm³/mol. The average Bonchev–Trinajstić information content (AvgIpc) is 3.34. The van der Waals surface area contributed by atoms with Crippen molar-refractivity contribution in [1.82, 2.24) is 10.3 Å². The number of rotatable bonds is 9. The van der Waals surface area contributed by atoms with Gasteiger partial charge < -0.3 is 20.3 Å². The van der Waals surface area contributed by atoms with Crippen LogP contribution in [0, 0.1) is 10.1 Å². The van der Waals surface area contributed by atoms with Crippen LogP contribution < -0.4 is 10.1 Å². The number of ether oxygens (including phenoxy) is 1. The molecule has 25 heavy (non-hydrogen) atoms. The Morgan fingerprint density at radius 1 is 1.36 bits per heavy atom. The highest BCUT2D eigenvalue weighted by Gasteiger charge is 2.30. The standard InChI is InChI=1S/C14H15N3O8/c18-11(19)6-4-9(14(21)22)15-12(20)8-3-5-10(17(23)24)13(16-8)25-7-1-2-7/h3,5,7,9H,1-2,4,6H2,(H,15,20)(H,18,19)(H,21,22). The summed E-state index contributed by atoms with van der Waals surface area (Å²) in [5.74, 6) is -3.80. The van der Waals surface area contributed by atoms with Crippen LogP contribution in [-0.2, 0) is 9.59 Å². The van der Waals surface area contributed by atoms with Crippen LogP contribution in [0.15, 0.2) is 12.1 Å². The van der Waals surface area contributed by atoms with E-state index in [2.05, 4.69) is 10.3 Å². The summed E-state index contributed by atoms with van der Waals surface area (Å²) in [4.78, 5) is 47.8. The van der Waals surface area contributed by atoms with Crippen molar-refractivity contribution in [2.45, 2.75) is 37.8 Å². The zero-order valence-electron chi connectivity index (χ0n) is 12.9. The number of hydrogen-bond acceptors (Lipinski definition) is 7. The molecule has 1 fully saturated rings. The van der Waals surface area contributed by atoms with Gasteiger partial charge in [0.05, 0.1) is 4.92 Å². The van der Waals surface area contributed by atoms with Gasteiger partial charge in [-0.25, -0.2) is 9.78 Å². The smallest absolute Gasteiger partial charge is 0.331 e. The van der Waals surface area contributed by atoms with Crippen molar-refractivity contribution in [2.75, 3.05) is 0 Å². The molecule has 0 radical (unpaired) electrons. The number of carbonyl (C=O) groups excluding carboxylic acids is 1. The van der Waals surface area contributed by atoms with Gasteiger partial charge >= 0.3 is 17.6 Å². The third kappa shape index (κ3) is 5.12. The van der Waals surface area contributed by atoms with Crippen molar-refractivity contribution in [3.05, 3.63) is 27.9 Å². The lowest BCUT2D eigenvalue weighted by Crippen LogP contribution is -2.41. The van der Waals surface area contributed by atoms with Crippen LogP contribution >= 0.6 is 0 Å². The maximum absolute atomic E-state index is 12.1. The first kappa shape index (κ1) is 18.1. The van der Waals surface area contributed by atoms with E-state index in [0.717, 1.165) is 25.0 Å². The van der Waals surface area contributed by atoms with Crippen LogP contribution in [0.4, 0.5) is 5.69 Å². The van der Waals surface area contributed by atoms with Crippen molar-refractivity contribution in [2.24, 2.45) is 0 Å². The Balaban J connectivity index is 2.15. The normalized spacial score (nSPS) is 14.4.